The summed E-state index contributed by atoms with van der Waals surface area (Å²) in [5, 5.41) is 0.821. The predicted octanol–water partition coefficient (Wildman–Crippen LogP) is 4.93. The number of hydrogen-bond donors (Lipinski definition) is 0. The molecule has 3 aromatic rings. The van der Waals surface area contributed by atoms with Gasteiger partial charge >= 0.3 is 0 Å². The topological polar surface area (TPSA) is 42.4 Å². The van der Waals surface area contributed by atoms with Crippen molar-refractivity contribution in [2.75, 3.05) is 11.4 Å². The van der Waals surface area contributed by atoms with Gasteiger partial charge in [-0.2, -0.15) is 0 Å². The Morgan fingerprint density at radius 3 is 2.74 bits per heavy atom. The lowest BCUT2D eigenvalue weighted by atomic mass is 10.0. The van der Waals surface area contributed by atoms with Gasteiger partial charge in [0.15, 0.2) is 0 Å². The Bertz CT molecular complexity index is 963. The van der Waals surface area contributed by atoms with E-state index in [9.17, 15) is 4.79 Å². The number of rotatable bonds is 4. The summed E-state index contributed by atoms with van der Waals surface area (Å²) in [7, 11) is 0. The second-order valence-corrected chi connectivity index (χ2v) is 7.90. The molecule has 2 aromatic carbocycles. The molecule has 2 heterocycles. The summed E-state index contributed by atoms with van der Waals surface area (Å²) in [6, 6.07) is 16.1. The largest absolute Gasteiger partial charge is 0.486 e. The van der Waals surface area contributed by atoms with Crippen molar-refractivity contribution in [3.05, 3.63) is 75.2 Å². The summed E-state index contributed by atoms with van der Waals surface area (Å²) in [6.07, 6.45) is 2.02. The fourth-order valence-corrected chi connectivity index (χ4v) is 4.29. The third-order valence-corrected chi connectivity index (χ3v) is 5.89. The number of aromatic nitrogens is 1. The molecule has 0 bridgehead atoms. The molecule has 4 nitrogen and oxygen atoms in total. The van der Waals surface area contributed by atoms with Crippen molar-refractivity contribution in [2.24, 2.45) is 0 Å². The quantitative estimate of drug-likeness (QED) is 0.646. The van der Waals surface area contributed by atoms with Crippen LogP contribution in [0.4, 0.5) is 5.69 Å². The summed E-state index contributed by atoms with van der Waals surface area (Å²) in [4.78, 5) is 20.3. The van der Waals surface area contributed by atoms with Crippen molar-refractivity contribution in [3.63, 3.8) is 0 Å². The van der Waals surface area contributed by atoms with Gasteiger partial charge in [-0.15, -0.1) is 11.3 Å². The Hall–Kier alpha value is -2.66. The second-order valence-electron chi connectivity index (χ2n) is 6.81. The second kappa shape index (κ2) is 7.53. The molecule has 0 atom stereocenters. The number of thiazole rings is 1. The first-order chi connectivity index (χ1) is 13.1. The fourth-order valence-electron chi connectivity index (χ4n) is 3.36. The molecule has 1 amide bonds. The molecule has 1 aliphatic rings. The lowest BCUT2D eigenvalue weighted by molar-refractivity contribution is 0.0988. The van der Waals surface area contributed by atoms with Crippen LogP contribution < -0.4 is 9.64 Å². The molecule has 0 spiro atoms. The number of para-hydroxylation sites is 1. The number of fused-ring (bicyclic) bond motifs is 1. The number of ether oxygens (including phenoxy) is 1. The van der Waals surface area contributed by atoms with E-state index in [-0.39, 0.29) is 5.91 Å². The molecule has 0 saturated carbocycles. The average molecular weight is 378 g/mol. The maximum absolute atomic E-state index is 13.2. The van der Waals surface area contributed by atoms with Crippen molar-refractivity contribution in [1.82, 2.24) is 4.98 Å². The van der Waals surface area contributed by atoms with Crippen LogP contribution in [-0.2, 0) is 13.0 Å². The molecule has 0 N–H and O–H groups in total. The maximum Gasteiger partial charge on any atom is 0.270 e. The molecular formula is C22H22N2O2S. The molecule has 5 heteroatoms. The Morgan fingerprint density at radius 2 is 1.93 bits per heavy atom. The van der Waals surface area contributed by atoms with Gasteiger partial charge in [0.25, 0.3) is 5.91 Å². The normalized spacial score (nSPS) is 13.3. The zero-order valence-electron chi connectivity index (χ0n) is 15.6. The Labute approximate surface area is 163 Å². The van der Waals surface area contributed by atoms with Crippen LogP contribution in [0.1, 0.15) is 37.9 Å². The van der Waals surface area contributed by atoms with Crippen LogP contribution in [0.5, 0.6) is 5.75 Å². The highest BCUT2D eigenvalue weighted by Gasteiger charge is 2.26. The molecule has 4 rings (SSSR count). The van der Waals surface area contributed by atoms with Gasteiger partial charge in [-0.3, -0.25) is 4.79 Å². The number of benzene rings is 2. The third-order valence-electron chi connectivity index (χ3n) is 4.77. The van der Waals surface area contributed by atoms with Crippen LogP contribution in [0, 0.1) is 13.8 Å². The first-order valence-electron chi connectivity index (χ1n) is 9.17. The minimum Gasteiger partial charge on any atom is -0.486 e. The fraction of sp³-hybridized carbons (Fsp3) is 0.273. The van der Waals surface area contributed by atoms with Gasteiger partial charge < -0.3 is 9.64 Å². The molecule has 27 heavy (non-hydrogen) atoms. The van der Waals surface area contributed by atoms with E-state index in [2.05, 4.69) is 11.1 Å². The van der Waals surface area contributed by atoms with E-state index < -0.39 is 0 Å². The highest BCUT2D eigenvalue weighted by atomic mass is 32.1. The zero-order chi connectivity index (χ0) is 18.8. The van der Waals surface area contributed by atoms with Crippen molar-refractivity contribution in [2.45, 2.75) is 33.3 Å². The molecular weight excluding hydrogens is 356 g/mol. The number of anilines is 1. The highest BCUT2D eigenvalue weighted by Crippen LogP contribution is 2.30. The van der Waals surface area contributed by atoms with Crippen LogP contribution in [0.3, 0.4) is 0 Å². The van der Waals surface area contributed by atoms with Gasteiger partial charge in [-0.25, -0.2) is 4.98 Å². The number of carbonyl (C=O) groups is 1. The Balaban J connectivity index is 1.51. The van der Waals surface area contributed by atoms with Gasteiger partial charge in [-0.1, -0.05) is 35.9 Å². The van der Waals surface area contributed by atoms with Gasteiger partial charge in [0.1, 0.15) is 22.2 Å². The Morgan fingerprint density at radius 1 is 1.15 bits per heavy atom. The van der Waals surface area contributed by atoms with E-state index >= 15 is 0 Å². The molecule has 0 saturated heterocycles. The van der Waals surface area contributed by atoms with E-state index in [0.29, 0.717) is 11.5 Å². The average Bonchev–Trinajstić information content (AvgIpc) is 3.07. The van der Waals surface area contributed by atoms with Crippen LogP contribution in [0.15, 0.2) is 48.5 Å². The smallest absolute Gasteiger partial charge is 0.270 e. The van der Waals surface area contributed by atoms with Crippen molar-refractivity contribution in [1.29, 1.82) is 0 Å². The minimum absolute atomic E-state index is 0.0405. The monoisotopic (exact) mass is 378 g/mol. The van der Waals surface area contributed by atoms with Gasteiger partial charge in [0, 0.05) is 12.2 Å². The molecule has 0 fully saturated rings. The van der Waals surface area contributed by atoms with Crippen LogP contribution in [-0.4, -0.2) is 17.4 Å². The van der Waals surface area contributed by atoms with E-state index in [1.807, 2.05) is 61.2 Å². The molecule has 1 aliphatic heterocycles. The standard InChI is InChI=1S/C22H22N2O2S/c1-15-9-11-18(12-10-15)26-14-20-23-16(2)21(27-20)22(25)24-13-5-7-17-6-3-4-8-19(17)24/h3-4,6,8-12H,5,7,13-14H2,1-2H3. The van der Waals surface area contributed by atoms with Crippen molar-refractivity contribution < 1.29 is 9.53 Å². The summed E-state index contributed by atoms with van der Waals surface area (Å²) in [6.45, 7) is 5.07. The molecule has 0 radical (unpaired) electrons. The first kappa shape index (κ1) is 17.7. The van der Waals surface area contributed by atoms with Gasteiger partial charge in [0.05, 0.1) is 5.69 Å². The van der Waals surface area contributed by atoms with Crippen molar-refractivity contribution >= 4 is 22.9 Å². The number of amides is 1. The highest BCUT2D eigenvalue weighted by molar-refractivity contribution is 7.13. The zero-order valence-corrected chi connectivity index (χ0v) is 16.4. The maximum atomic E-state index is 13.2. The van der Waals surface area contributed by atoms with Gasteiger partial charge in [0.2, 0.25) is 0 Å². The Kier molecular flexibility index (Phi) is 4.94. The first-order valence-corrected chi connectivity index (χ1v) is 9.99. The van der Waals surface area contributed by atoms with E-state index in [1.54, 1.807) is 0 Å². The van der Waals surface area contributed by atoms with Crippen LogP contribution in [0.25, 0.3) is 0 Å². The van der Waals surface area contributed by atoms with Gasteiger partial charge in [-0.05, 0) is 50.5 Å². The lowest BCUT2D eigenvalue weighted by Crippen LogP contribution is -2.35. The number of hydrogen-bond acceptors (Lipinski definition) is 4. The molecule has 1 aromatic heterocycles. The van der Waals surface area contributed by atoms with Crippen molar-refractivity contribution in [3.8, 4) is 5.75 Å². The predicted molar refractivity (Wildman–Crippen MR) is 109 cm³/mol. The van der Waals surface area contributed by atoms with Crippen LogP contribution in [0.2, 0.25) is 0 Å². The lowest BCUT2D eigenvalue weighted by Gasteiger charge is -2.29. The minimum atomic E-state index is 0.0405. The summed E-state index contributed by atoms with van der Waals surface area (Å²) < 4.78 is 5.82. The van der Waals surface area contributed by atoms with E-state index in [1.165, 1.54) is 22.5 Å². The third kappa shape index (κ3) is 3.74. The molecule has 0 aliphatic carbocycles. The summed E-state index contributed by atoms with van der Waals surface area (Å²) in [5.41, 5.74) is 4.24. The summed E-state index contributed by atoms with van der Waals surface area (Å²) in [5.74, 6) is 0.852. The van der Waals surface area contributed by atoms with Crippen LogP contribution >= 0.6 is 11.3 Å². The number of carbonyl (C=O) groups excluding carboxylic acids is 1. The molecule has 138 valence electrons. The molecule has 0 unspecified atom stereocenters. The number of aryl methyl sites for hydroxylation is 3. The summed E-state index contributed by atoms with van der Waals surface area (Å²) >= 11 is 1.43. The van der Waals surface area contributed by atoms with E-state index in [4.69, 9.17) is 4.74 Å². The van der Waals surface area contributed by atoms with E-state index in [0.717, 1.165) is 41.5 Å². The SMILES string of the molecule is Cc1ccc(OCc2nc(C)c(C(=O)N3CCCc4ccccc43)s2)cc1. The number of nitrogens with zero attached hydrogens (tertiary/aromatic N) is 2.